The van der Waals surface area contributed by atoms with E-state index in [1.165, 1.54) is 16.8 Å². The lowest BCUT2D eigenvalue weighted by molar-refractivity contribution is -0.147. The number of unbranched alkanes of at least 4 members (excludes halogenated alkanes) is 1. The molecule has 0 saturated carbocycles. The van der Waals surface area contributed by atoms with Crippen LogP contribution in [0.15, 0.2) is 18.2 Å². The Morgan fingerprint density at radius 2 is 2.04 bits per heavy atom. The lowest BCUT2D eigenvalue weighted by Gasteiger charge is -2.40. The number of nitrogens with zero attached hydrogens (tertiary/aromatic N) is 1. The topological polar surface area (TPSA) is 119 Å². The Kier molecular flexibility index (Phi) is 6.98. The van der Waals surface area contributed by atoms with Crippen molar-refractivity contribution >= 4 is 18.8 Å². The minimum atomic E-state index is -1.34. The fraction of sp³-hybridized carbons (Fsp3) is 0.650. The summed E-state index contributed by atoms with van der Waals surface area (Å²) < 4.78 is 0. The molecule has 6 N–H and O–H groups in total. The predicted molar refractivity (Wildman–Crippen MR) is 110 cm³/mol. The second-order valence-corrected chi connectivity index (χ2v) is 8.25. The van der Waals surface area contributed by atoms with Gasteiger partial charge in [-0.1, -0.05) is 31.0 Å². The predicted octanol–water partition coefficient (Wildman–Crippen LogP) is 1.29. The monoisotopic (exact) mass is 389 g/mol. The standard InChI is InChI=1S/C20H32BN3O4/c22-20(19(25)26,9-1-2-10-21(27)28)17-7-12-24(13-8-17)14-16-5-3-4-15-6-11-23-18(15)16/h3-5,17,23,27-28H,1-2,6-14,22H2,(H,25,26). The van der Waals surface area contributed by atoms with Gasteiger partial charge in [0, 0.05) is 18.8 Å². The van der Waals surface area contributed by atoms with Crippen LogP contribution in [0.1, 0.15) is 43.2 Å². The number of benzene rings is 1. The van der Waals surface area contributed by atoms with Crippen LogP contribution in [0, 0.1) is 5.92 Å². The van der Waals surface area contributed by atoms with Crippen LogP contribution in [0.2, 0.25) is 6.32 Å². The number of rotatable bonds is 9. The van der Waals surface area contributed by atoms with E-state index in [0.717, 1.165) is 45.4 Å². The van der Waals surface area contributed by atoms with Gasteiger partial charge in [-0.25, -0.2) is 0 Å². The number of para-hydroxylation sites is 1. The molecule has 0 spiro atoms. The van der Waals surface area contributed by atoms with Gasteiger partial charge in [0.1, 0.15) is 5.54 Å². The fourth-order valence-electron chi connectivity index (χ4n) is 4.62. The second kappa shape index (κ2) is 9.26. The number of hydrogen-bond acceptors (Lipinski definition) is 6. The number of anilines is 1. The number of piperidine rings is 1. The maximum absolute atomic E-state index is 11.9. The summed E-state index contributed by atoms with van der Waals surface area (Å²) in [5.41, 5.74) is 9.08. The van der Waals surface area contributed by atoms with Crippen molar-refractivity contribution in [2.45, 2.75) is 56.9 Å². The lowest BCUT2D eigenvalue weighted by Crippen LogP contribution is -2.56. The van der Waals surface area contributed by atoms with Crippen molar-refractivity contribution in [3.05, 3.63) is 29.3 Å². The first-order valence-corrected chi connectivity index (χ1v) is 10.4. The second-order valence-electron chi connectivity index (χ2n) is 8.25. The van der Waals surface area contributed by atoms with Gasteiger partial charge in [0.15, 0.2) is 0 Å². The van der Waals surface area contributed by atoms with Crippen molar-refractivity contribution in [2.75, 3.05) is 25.0 Å². The van der Waals surface area contributed by atoms with E-state index < -0.39 is 18.6 Å². The maximum Gasteiger partial charge on any atom is 0.451 e. The van der Waals surface area contributed by atoms with Crippen molar-refractivity contribution in [2.24, 2.45) is 11.7 Å². The Morgan fingerprint density at radius 3 is 2.71 bits per heavy atom. The van der Waals surface area contributed by atoms with Crippen molar-refractivity contribution in [3.63, 3.8) is 0 Å². The molecule has 1 aromatic carbocycles. The molecule has 2 aliphatic rings. The number of nitrogens with one attached hydrogen (secondary N) is 1. The van der Waals surface area contributed by atoms with Crippen LogP contribution in [-0.4, -0.2) is 58.3 Å². The molecule has 1 unspecified atom stereocenters. The van der Waals surface area contributed by atoms with Crippen molar-refractivity contribution in [3.8, 4) is 0 Å². The maximum atomic E-state index is 11.9. The number of nitrogens with two attached hydrogens (primary N) is 1. The highest BCUT2D eigenvalue weighted by atomic mass is 16.4. The van der Waals surface area contributed by atoms with Gasteiger partial charge in [0.25, 0.3) is 0 Å². The van der Waals surface area contributed by atoms with E-state index in [4.69, 9.17) is 15.8 Å². The number of aliphatic carboxylic acids is 1. The molecule has 8 heteroatoms. The quantitative estimate of drug-likeness (QED) is 0.319. The molecule has 2 aliphatic heterocycles. The van der Waals surface area contributed by atoms with Gasteiger partial charge in [-0.05, 0) is 62.1 Å². The molecular formula is C20H32BN3O4. The summed E-state index contributed by atoms with van der Waals surface area (Å²) in [6, 6.07) is 6.46. The molecule has 0 aliphatic carbocycles. The van der Waals surface area contributed by atoms with Crippen LogP contribution >= 0.6 is 0 Å². The molecule has 0 amide bonds. The molecular weight excluding hydrogens is 357 g/mol. The van der Waals surface area contributed by atoms with Crippen molar-refractivity contribution in [1.82, 2.24) is 4.90 Å². The van der Waals surface area contributed by atoms with Gasteiger partial charge < -0.3 is 26.2 Å². The van der Waals surface area contributed by atoms with Gasteiger partial charge in [-0.3, -0.25) is 9.69 Å². The third kappa shape index (κ3) is 4.86. The number of carboxylic acids is 1. The van der Waals surface area contributed by atoms with Crippen LogP contribution < -0.4 is 11.1 Å². The highest BCUT2D eigenvalue weighted by Crippen LogP contribution is 2.33. The zero-order valence-corrected chi connectivity index (χ0v) is 16.4. The van der Waals surface area contributed by atoms with E-state index in [-0.39, 0.29) is 12.2 Å². The van der Waals surface area contributed by atoms with Gasteiger partial charge in [-0.2, -0.15) is 0 Å². The SMILES string of the molecule is NC(CCCCB(O)O)(C(=O)O)C1CCN(Cc2cccc3c2NCC3)CC1. The molecule has 0 aromatic heterocycles. The first-order chi connectivity index (χ1) is 13.4. The Morgan fingerprint density at radius 1 is 1.29 bits per heavy atom. The Balaban J connectivity index is 1.54. The smallest absolute Gasteiger partial charge is 0.451 e. The van der Waals surface area contributed by atoms with E-state index in [0.29, 0.717) is 19.3 Å². The fourth-order valence-corrected chi connectivity index (χ4v) is 4.62. The van der Waals surface area contributed by atoms with Gasteiger partial charge in [-0.15, -0.1) is 0 Å². The summed E-state index contributed by atoms with van der Waals surface area (Å²) in [6.07, 6.45) is 4.39. The van der Waals surface area contributed by atoms with Gasteiger partial charge >= 0.3 is 13.1 Å². The Labute approximate surface area is 167 Å². The van der Waals surface area contributed by atoms with Crippen LogP contribution in [-0.2, 0) is 17.8 Å². The van der Waals surface area contributed by atoms with Gasteiger partial charge in [0.05, 0.1) is 0 Å². The van der Waals surface area contributed by atoms with E-state index in [1.54, 1.807) is 0 Å². The van der Waals surface area contributed by atoms with Crippen LogP contribution in [0.4, 0.5) is 5.69 Å². The van der Waals surface area contributed by atoms with Crippen LogP contribution in [0.25, 0.3) is 0 Å². The normalized spacial score (nSPS) is 19.7. The average molecular weight is 389 g/mol. The average Bonchev–Trinajstić information content (AvgIpc) is 3.15. The van der Waals surface area contributed by atoms with Crippen molar-refractivity contribution < 1.29 is 19.9 Å². The van der Waals surface area contributed by atoms with Crippen LogP contribution in [0.3, 0.4) is 0 Å². The highest BCUT2D eigenvalue weighted by Gasteiger charge is 2.43. The van der Waals surface area contributed by atoms with Crippen molar-refractivity contribution in [1.29, 1.82) is 0 Å². The summed E-state index contributed by atoms with van der Waals surface area (Å²) in [5, 5.41) is 31.1. The summed E-state index contributed by atoms with van der Waals surface area (Å²) >= 11 is 0. The first kappa shape index (κ1) is 21.1. The molecule has 1 saturated heterocycles. The number of carbonyl (C=O) groups is 1. The number of hydrogen-bond donors (Lipinski definition) is 5. The summed E-state index contributed by atoms with van der Waals surface area (Å²) in [6.45, 7) is 3.56. The molecule has 1 atom stereocenters. The number of fused-ring (bicyclic) bond motifs is 1. The summed E-state index contributed by atoms with van der Waals surface area (Å²) in [5.74, 6) is -1.000. The molecule has 2 heterocycles. The third-order valence-electron chi connectivity index (χ3n) is 6.34. The number of carboxylic acid groups (broad SMARTS) is 1. The Hall–Kier alpha value is -1.61. The first-order valence-electron chi connectivity index (χ1n) is 10.4. The molecule has 7 nitrogen and oxygen atoms in total. The van der Waals surface area contributed by atoms with E-state index in [1.807, 2.05) is 0 Å². The zero-order chi connectivity index (χ0) is 20.1. The Bertz CT molecular complexity index is 679. The minimum absolute atomic E-state index is 0.0556. The van der Waals surface area contributed by atoms with E-state index in [9.17, 15) is 9.90 Å². The van der Waals surface area contributed by atoms with Gasteiger partial charge in [0.2, 0.25) is 0 Å². The summed E-state index contributed by atoms with van der Waals surface area (Å²) in [4.78, 5) is 14.3. The molecule has 28 heavy (non-hydrogen) atoms. The molecule has 0 bridgehead atoms. The molecule has 3 rings (SSSR count). The zero-order valence-electron chi connectivity index (χ0n) is 16.4. The minimum Gasteiger partial charge on any atom is -0.480 e. The summed E-state index contributed by atoms with van der Waals surface area (Å²) in [7, 11) is -1.34. The lowest BCUT2D eigenvalue weighted by atomic mass is 9.74. The molecule has 1 fully saturated rings. The third-order valence-corrected chi connectivity index (χ3v) is 6.34. The molecule has 0 radical (unpaired) electrons. The van der Waals surface area contributed by atoms with Crippen LogP contribution in [0.5, 0.6) is 0 Å². The molecule has 154 valence electrons. The molecule has 1 aromatic rings. The highest BCUT2D eigenvalue weighted by molar-refractivity contribution is 6.40. The van der Waals surface area contributed by atoms with E-state index >= 15 is 0 Å². The largest absolute Gasteiger partial charge is 0.480 e. The van der Waals surface area contributed by atoms with E-state index in [2.05, 4.69) is 28.4 Å². The number of likely N-dealkylation sites (tertiary alicyclic amines) is 1.